The molecule has 1 aromatic rings. The van der Waals surface area contributed by atoms with Gasteiger partial charge in [-0.25, -0.2) is 9.59 Å². The summed E-state index contributed by atoms with van der Waals surface area (Å²) in [6, 6.07) is 5.34. The predicted molar refractivity (Wildman–Crippen MR) is 129 cm³/mol. The van der Waals surface area contributed by atoms with E-state index >= 15 is 0 Å². The Kier molecular flexibility index (Phi) is 10.8. The molecule has 0 unspecified atom stereocenters. The van der Waals surface area contributed by atoms with Crippen molar-refractivity contribution in [1.29, 1.82) is 0 Å². The number of nitrogens with zero attached hydrogens (tertiary/aromatic N) is 2. The Bertz CT molecular complexity index is 1070. The molecule has 0 aromatic heterocycles. The summed E-state index contributed by atoms with van der Waals surface area (Å²) in [6.07, 6.45) is 5.95. The lowest BCUT2D eigenvalue weighted by Gasteiger charge is -2.30. The summed E-state index contributed by atoms with van der Waals surface area (Å²) < 4.78 is 37.9. The van der Waals surface area contributed by atoms with Crippen LogP contribution in [0.4, 0.5) is 18.0 Å². The maximum absolute atomic E-state index is 12.6. The number of hydrogen-bond acceptors (Lipinski definition) is 6. The van der Waals surface area contributed by atoms with Crippen molar-refractivity contribution in [2.75, 3.05) is 19.6 Å². The molecular formula is C24H24F3N3O5S. The SMILES string of the molecule is C#CCN=C1NC(=O)SC1=CC1CCN(Cc2ccc(C(F)(F)F)cc2)CC1.O=C(O)C=CC(=O)O. The van der Waals surface area contributed by atoms with E-state index in [1.165, 1.54) is 12.1 Å². The number of amides is 1. The van der Waals surface area contributed by atoms with Gasteiger partial charge in [-0.2, -0.15) is 13.2 Å². The van der Waals surface area contributed by atoms with Crippen molar-refractivity contribution in [3.8, 4) is 12.3 Å². The molecule has 192 valence electrons. The zero-order valence-electron chi connectivity index (χ0n) is 19.0. The minimum absolute atomic E-state index is 0.151. The second-order valence-electron chi connectivity index (χ2n) is 7.73. The number of nitrogens with one attached hydrogen (secondary N) is 1. The van der Waals surface area contributed by atoms with Crippen molar-refractivity contribution in [3.63, 3.8) is 0 Å². The van der Waals surface area contributed by atoms with Crippen LogP contribution in [0.1, 0.15) is 24.0 Å². The average Bonchev–Trinajstić information content (AvgIpc) is 3.16. The number of alkyl halides is 3. The van der Waals surface area contributed by atoms with E-state index in [0.29, 0.717) is 30.5 Å². The number of carboxylic acids is 2. The standard InChI is InChI=1S/C20H20F3N3OS.C4H4O4/c1-2-9-24-18-17(28-19(27)25-18)12-14-7-10-26(11-8-14)13-15-3-5-16(6-4-15)20(21,22)23;5-3(6)1-2-4(7)8/h1,3-6,12,14H,7-11,13H2,(H,24,25,27);1-2H,(H,5,6)(H,7,8). The second-order valence-corrected chi connectivity index (χ2v) is 8.75. The number of piperidine rings is 1. The first-order chi connectivity index (χ1) is 17.0. The number of thioether (sulfide) groups is 1. The van der Waals surface area contributed by atoms with E-state index in [4.69, 9.17) is 16.6 Å². The number of amidine groups is 1. The Morgan fingerprint density at radius 2 is 1.75 bits per heavy atom. The number of rotatable bonds is 6. The van der Waals surface area contributed by atoms with Crippen molar-refractivity contribution in [2.45, 2.75) is 25.6 Å². The fourth-order valence-electron chi connectivity index (χ4n) is 3.38. The van der Waals surface area contributed by atoms with E-state index in [0.717, 1.165) is 60.3 Å². The van der Waals surface area contributed by atoms with Crippen molar-refractivity contribution in [3.05, 3.63) is 58.5 Å². The number of halogens is 3. The lowest BCUT2D eigenvalue weighted by atomic mass is 9.95. The van der Waals surface area contributed by atoms with Crippen molar-refractivity contribution in [1.82, 2.24) is 10.2 Å². The number of carboxylic acid groups (broad SMARTS) is 2. The third-order valence-electron chi connectivity index (χ3n) is 5.06. The van der Waals surface area contributed by atoms with E-state index < -0.39 is 23.7 Å². The van der Waals surface area contributed by atoms with Crippen LogP contribution in [-0.4, -0.2) is 57.8 Å². The highest BCUT2D eigenvalue weighted by Crippen LogP contribution is 2.31. The van der Waals surface area contributed by atoms with Crippen LogP contribution in [-0.2, 0) is 22.3 Å². The Hall–Kier alpha value is -3.56. The molecule has 1 aromatic carbocycles. The zero-order chi connectivity index (χ0) is 26.7. The number of carbonyl (C=O) groups excluding carboxylic acids is 1. The smallest absolute Gasteiger partial charge is 0.416 e. The summed E-state index contributed by atoms with van der Waals surface area (Å²) >= 11 is 1.13. The number of aliphatic carboxylic acids is 2. The van der Waals surface area contributed by atoms with Crippen LogP contribution in [0, 0.1) is 18.3 Å². The number of aliphatic imine (C=N–C) groups is 1. The van der Waals surface area contributed by atoms with Gasteiger partial charge >= 0.3 is 18.1 Å². The molecule has 2 aliphatic rings. The molecule has 2 saturated heterocycles. The molecule has 0 bridgehead atoms. The number of terminal acetylenes is 1. The van der Waals surface area contributed by atoms with Gasteiger partial charge in [0.1, 0.15) is 12.4 Å². The first kappa shape index (κ1) is 28.7. The molecule has 0 atom stereocenters. The number of hydrogen-bond donors (Lipinski definition) is 3. The Morgan fingerprint density at radius 3 is 2.25 bits per heavy atom. The van der Waals surface area contributed by atoms with Gasteiger partial charge in [0.25, 0.3) is 5.24 Å². The summed E-state index contributed by atoms with van der Waals surface area (Å²) in [5.74, 6) is 0.786. The van der Waals surface area contributed by atoms with Crippen LogP contribution in [0.25, 0.3) is 0 Å². The maximum Gasteiger partial charge on any atom is 0.416 e. The van der Waals surface area contributed by atoms with Gasteiger partial charge in [-0.15, -0.1) is 6.42 Å². The van der Waals surface area contributed by atoms with Crippen molar-refractivity contribution < 1.29 is 37.8 Å². The van der Waals surface area contributed by atoms with Gasteiger partial charge in [-0.05, 0) is 61.3 Å². The van der Waals surface area contributed by atoms with Gasteiger partial charge in [0.15, 0.2) is 0 Å². The normalized spacial score (nSPS) is 19.1. The number of carbonyl (C=O) groups is 3. The van der Waals surface area contributed by atoms with Gasteiger partial charge in [-0.3, -0.25) is 14.7 Å². The lowest BCUT2D eigenvalue weighted by Crippen LogP contribution is -2.32. The third-order valence-corrected chi connectivity index (χ3v) is 5.90. The van der Waals surface area contributed by atoms with Gasteiger partial charge in [-0.1, -0.05) is 24.1 Å². The predicted octanol–water partition coefficient (Wildman–Crippen LogP) is 4.00. The largest absolute Gasteiger partial charge is 0.478 e. The van der Waals surface area contributed by atoms with Gasteiger partial charge < -0.3 is 15.5 Å². The first-order valence-corrected chi connectivity index (χ1v) is 11.5. The molecule has 8 nitrogen and oxygen atoms in total. The molecule has 2 aliphatic heterocycles. The summed E-state index contributed by atoms with van der Waals surface area (Å²) in [4.78, 5) is 38.0. The highest BCUT2D eigenvalue weighted by Gasteiger charge is 2.30. The second kappa shape index (κ2) is 13.5. The topological polar surface area (TPSA) is 119 Å². The van der Waals surface area contributed by atoms with Gasteiger partial charge in [0, 0.05) is 18.7 Å². The Labute approximate surface area is 210 Å². The summed E-state index contributed by atoms with van der Waals surface area (Å²) in [5, 5.41) is 18.2. The average molecular weight is 524 g/mol. The molecule has 3 N–H and O–H groups in total. The molecular weight excluding hydrogens is 499 g/mol. The fraction of sp³-hybridized carbons (Fsp3) is 0.333. The molecule has 2 heterocycles. The van der Waals surface area contributed by atoms with Crippen LogP contribution in [0.15, 0.2) is 52.4 Å². The number of benzene rings is 1. The van der Waals surface area contributed by atoms with E-state index in [1.54, 1.807) is 0 Å². The Balaban J connectivity index is 0.000000493. The highest BCUT2D eigenvalue weighted by molar-refractivity contribution is 8.18. The molecule has 0 spiro atoms. The highest BCUT2D eigenvalue weighted by atomic mass is 32.2. The Morgan fingerprint density at radius 1 is 1.17 bits per heavy atom. The molecule has 0 aliphatic carbocycles. The van der Waals surface area contributed by atoms with Crippen LogP contribution in [0.5, 0.6) is 0 Å². The number of likely N-dealkylation sites (tertiary alicyclic amines) is 1. The van der Waals surface area contributed by atoms with E-state index in [-0.39, 0.29) is 11.8 Å². The molecule has 3 rings (SSSR count). The molecule has 12 heteroatoms. The molecule has 36 heavy (non-hydrogen) atoms. The zero-order valence-corrected chi connectivity index (χ0v) is 19.8. The minimum Gasteiger partial charge on any atom is -0.478 e. The van der Waals surface area contributed by atoms with E-state index in [1.807, 2.05) is 0 Å². The van der Waals surface area contributed by atoms with Crippen LogP contribution >= 0.6 is 11.8 Å². The van der Waals surface area contributed by atoms with Crippen LogP contribution in [0.2, 0.25) is 0 Å². The van der Waals surface area contributed by atoms with E-state index in [9.17, 15) is 27.6 Å². The lowest BCUT2D eigenvalue weighted by molar-refractivity contribution is -0.137. The van der Waals surface area contributed by atoms with Crippen LogP contribution in [0.3, 0.4) is 0 Å². The van der Waals surface area contributed by atoms with Gasteiger partial charge in [0.2, 0.25) is 0 Å². The fourth-order valence-corrected chi connectivity index (χ4v) is 4.20. The summed E-state index contributed by atoms with van der Waals surface area (Å²) in [7, 11) is 0. The van der Waals surface area contributed by atoms with Crippen molar-refractivity contribution >= 4 is 34.8 Å². The summed E-state index contributed by atoms with van der Waals surface area (Å²) in [5.41, 5.74) is 0.246. The summed E-state index contributed by atoms with van der Waals surface area (Å²) in [6.45, 7) is 2.54. The quantitative estimate of drug-likeness (QED) is 0.381. The van der Waals surface area contributed by atoms with Crippen LogP contribution < -0.4 is 5.32 Å². The molecule has 0 saturated carbocycles. The molecule has 1 amide bonds. The van der Waals surface area contributed by atoms with E-state index in [2.05, 4.69) is 27.2 Å². The monoisotopic (exact) mass is 523 g/mol. The maximum atomic E-state index is 12.6. The minimum atomic E-state index is -4.30. The van der Waals surface area contributed by atoms with Gasteiger partial charge in [0.05, 0.1) is 10.5 Å². The molecule has 0 radical (unpaired) electrons. The third kappa shape index (κ3) is 9.97. The number of allylic oxidation sites excluding steroid dienone is 1. The van der Waals surface area contributed by atoms with Crippen molar-refractivity contribution in [2.24, 2.45) is 10.9 Å². The first-order valence-electron chi connectivity index (χ1n) is 10.7. The molecule has 2 fully saturated rings.